The largest absolute Gasteiger partial charge is 0.497 e. The van der Waals surface area contributed by atoms with Gasteiger partial charge in [-0.3, -0.25) is 0 Å². The third kappa shape index (κ3) is 3.94. The summed E-state index contributed by atoms with van der Waals surface area (Å²) in [6, 6.07) is 44.4. The van der Waals surface area contributed by atoms with Gasteiger partial charge in [-0.25, -0.2) is 4.98 Å². The molecule has 0 saturated carbocycles. The smallest absolute Gasteiger partial charge is 0.118 e. The van der Waals surface area contributed by atoms with Gasteiger partial charge in [0.05, 0.1) is 18.1 Å². The van der Waals surface area contributed by atoms with Gasteiger partial charge in [-0.05, 0) is 58.1 Å². The molecule has 0 radical (unpaired) electrons. The Hall–Kier alpha value is -4.43. The molecule has 168 valence electrons. The maximum absolute atomic E-state index is 5.27. The minimum atomic E-state index is 0.323. The van der Waals surface area contributed by atoms with Crippen LogP contribution in [0.3, 0.4) is 0 Å². The molecule has 0 N–H and O–H groups in total. The first-order chi connectivity index (χ1) is 17.3. The van der Waals surface area contributed by atoms with E-state index in [1.165, 1.54) is 38.6 Å². The Kier molecular flexibility index (Phi) is 5.48. The molecule has 0 fully saturated rings. The van der Waals surface area contributed by atoms with E-state index < -0.39 is 0 Å². The van der Waals surface area contributed by atoms with Crippen LogP contribution in [0.15, 0.2) is 127 Å². The highest BCUT2D eigenvalue weighted by atomic mass is 16.5. The van der Waals surface area contributed by atoms with Crippen LogP contribution in [-0.4, -0.2) is 12.1 Å². The van der Waals surface area contributed by atoms with E-state index in [1.807, 2.05) is 48.5 Å². The summed E-state index contributed by atoms with van der Waals surface area (Å²) in [4.78, 5) is 4.58. The van der Waals surface area contributed by atoms with E-state index in [1.54, 1.807) is 7.11 Å². The van der Waals surface area contributed by atoms with Gasteiger partial charge in [-0.1, -0.05) is 97.1 Å². The van der Waals surface area contributed by atoms with Gasteiger partial charge < -0.3 is 4.74 Å². The van der Waals surface area contributed by atoms with Crippen molar-refractivity contribution in [1.29, 1.82) is 0 Å². The topological polar surface area (TPSA) is 22.1 Å². The molecule has 0 atom stereocenters. The highest BCUT2D eigenvalue weighted by molar-refractivity contribution is 5.92. The minimum absolute atomic E-state index is 0.323. The van der Waals surface area contributed by atoms with Crippen molar-refractivity contribution >= 4 is 21.8 Å². The molecule has 0 spiro atoms. The Labute approximate surface area is 205 Å². The van der Waals surface area contributed by atoms with Gasteiger partial charge in [-0.2, -0.15) is 0 Å². The van der Waals surface area contributed by atoms with Crippen molar-refractivity contribution in [2.24, 2.45) is 0 Å². The summed E-state index contributed by atoms with van der Waals surface area (Å²) in [6.45, 7) is 0. The summed E-state index contributed by atoms with van der Waals surface area (Å²) in [5.41, 5.74) is 8.93. The number of rotatable bonds is 2. The van der Waals surface area contributed by atoms with Gasteiger partial charge in [0, 0.05) is 16.7 Å². The van der Waals surface area contributed by atoms with Crippen LogP contribution in [0.2, 0.25) is 0 Å². The summed E-state index contributed by atoms with van der Waals surface area (Å²) < 4.78 is 5.27. The molecule has 6 aromatic rings. The lowest BCUT2D eigenvalue weighted by Crippen LogP contribution is -1.98. The van der Waals surface area contributed by atoms with Crippen LogP contribution >= 0.6 is 0 Å². The van der Waals surface area contributed by atoms with Crippen LogP contribution < -0.4 is 4.74 Å². The molecule has 0 amide bonds. The Balaban J connectivity index is 0.000000141. The van der Waals surface area contributed by atoms with Crippen LogP contribution in [-0.2, 0) is 0 Å². The molecule has 35 heavy (non-hydrogen) atoms. The van der Waals surface area contributed by atoms with E-state index >= 15 is 0 Å². The number of benzene rings is 5. The van der Waals surface area contributed by atoms with E-state index in [4.69, 9.17) is 4.74 Å². The summed E-state index contributed by atoms with van der Waals surface area (Å²) in [6.07, 6.45) is 0. The van der Waals surface area contributed by atoms with E-state index in [0.717, 1.165) is 16.8 Å². The molecular weight excluding hydrogens is 426 g/mol. The fraction of sp³-hybridized carbons (Fsp3) is 0.0606. The summed E-state index contributed by atoms with van der Waals surface area (Å²) in [5.74, 6) is 1.22. The maximum atomic E-state index is 5.27. The lowest BCUT2D eigenvalue weighted by molar-refractivity contribution is 0.414. The lowest BCUT2D eigenvalue weighted by Gasteiger charge is -2.14. The summed E-state index contributed by atoms with van der Waals surface area (Å²) >= 11 is 0. The molecule has 7 rings (SSSR count). The number of aromatic nitrogens is 1. The molecule has 2 nitrogen and oxygen atoms in total. The van der Waals surface area contributed by atoms with Crippen LogP contribution in [0.1, 0.15) is 22.6 Å². The van der Waals surface area contributed by atoms with Gasteiger partial charge >= 0.3 is 0 Å². The number of hydrogen-bond donors (Lipinski definition) is 0. The molecule has 1 heterocycles. The average Bonchev–Trinajstić information content (AvgIpc) is 3.27. The molecule has 5 aromatic carbocycles. The van der Waals surface area contributed by atoms with Crippen molar-refractivity contribution in [2.45, 2.75) is 5.92 Å². The van der Waals surface area contributed by atoms with Gasteiger partial charge in [-0.15, -0.1) is 0 Å². The normalized spacial score (nSPS) is 12.0. The number of methoxy groups -OCH3 is 1. The molecule has 0 aliphatic heterocycles. The third-order valence-corrected chi connectivity index (χ3v) is 6.71. The van der Waals surface area contributed by atoms with Crippen molar-refractivity contribution in [2.75, 3.05) is 7.11 Å². The molecule has 1 aromatic heterocycles. The average molecular weight is 452 g/mol. The number of pyridine rings is 1. The highest BCUT2D eigenvalue weighted by Crippen LogP contribution is 2.47. The fourth-order valence-corrected chi connectivity index (χ4v) is 5.03. The van der Waals surface area contributed by atoms with Gasteiger partial charge in [0.15, 0.2) is 0 Å². The maximum Gasteiger partial charge on any atom is 0.118 e. The number of nitrogens with zero attached hydrogens (tertiary/aromatic N) is 1. The predicted molar refractivity (Wildman–Crippen MR) is 145 cm³/mol. The van der Waals surface area contributed by atoms with Crippen LogP contribution in [0.5, 0.6) is 5.75 Å². The van der Waals surface area contributed by atoms with E-state index in [2.05, 4.69) is 83.8 Å². The number of ether oxygens (including phenoxy) is 1. The Morgan fingerprint density at radius 3 is 1.57 bits per heavy atom. The monoisotopic (exact) mass is 451 g/mol. The minimum Gasteiger partial charge on any atom is -0.497 e. The van der Waals surface area contributed by atoms with Gasteiger partial charge in [0.1, 0.15) is 5.75 Å². The molecule has 0 unspecified atom stereocenters. The first-order valence-electron chi connectivity index (χ1n) is 11.9. The first kappa shape index (κ1) is 21.1. The van der Waals surface area contributed by atoms with Gasteiger partial charge in [0.2, 0.25) is 0 Å². The second-order valence-corrected chi connectivity index (χ2v) is 8.75. The van der Waals surface area contributed by atoms with Crippen molar-refractivity contribution in [3.05, 3.63) is 144 Å². The van der Waals surface area contributed by atoms with E-state index in [0.29, 0.717) is 5.92 Å². The van der Waals surface area contributed by atoms with E-state index in [-0.39, 0.29) is 0 Å². The number of para-hydroxylation sites is 2. The van der Waals surface area contributed by atoms with Gasteiger partial charge in [0.25, 0.3) is 0 Å². The molecule has 0 bridgehead atoms. The quantitative estimate of drug-likeness (QED) is 0.247. The second kappa shape index (κ2) is 9.08. The zero-order chi connectivity index (χ0) is 23.6. The number of hydrogen-bond acceptors (Lipinski definition) is 2. The highest BCUT2D eigenvalue weighted by Gasteiger charge is 2.28. The van der Waals surface area contributed by atoms with Crippen molar-refractivity contribution in [3.8, 4) is 16.9 Å². The van der Waals surface area contributed by atoms with Crippen molar-refractivity contribution in [3.63, 3.8) is 0 Å². The zero-order valence-corrected chi connectivity index (χ0v) is 19.6. The lowest BCUT2D eigenvalue weighted by atomic mass is 9.89. The Bertz CT molecular complexity index is 1480. The SMILES string of the molecule is COc1ccc(C2c3ccccc3-c3ccccc32)cc1.c1ccc2nc3ccccc3cc2c1. The van der Waals surface area contributed by atoms with Crippen molar-refractivity contribution < 1.29 is 4.74 Å². The van der Waals surface area contributed by atoms with Crippen molar-refractivity contribution in [1.82, 2.24) is 4.98 Å². The predicted octanol–water partition coefficient (Wildman–Crippen LogP) is 8.24. The second-order valence-electron chi connectivity index (χ2n) is 8.75. The summed E-state index contributed by atoms with van der Waals surface area (Å²) in [7, 11) is 1.70. The molecule has 1 aliphatic carbocycles. The zero-order valence-electron chi connectivity index (χ0n) is 19.6. The molecule has 0 saturated heterocycles. The first-order valence-corrected chi connectivity index (χ1v) is 11.9. The van der Waals surface area contributed by atoms with E-state index in [9.17, 15) is 0 Å². The standard InChI is InChI=1S/C20H16O.C13H9N/c1-21-15-12-10-14(11-13-15)20-18-8-4-2-6-16(18)17-7-3-5-9-19(17)20;1-3-7-12-10(5-1)9-11-6-2-4-8-13(11)14-12/h2-13,20H,1H3;1-9H. The Morgan fingerprint density at radius 2 is 1.03 bits per heavy atom. The van der Waals surface area contributed by atoms with Crippen LogP contribution in [0.25, 0.3) is 32.9 Å². The molecular formula is C33H25NO. The molecule has 2 heteroatoms. The fourth-order valence-electron chi connectivity index (χ4n) is 5.03. The Morgan fingerprint density at radius 1 is 0.543 bits per heavy atom. The van der Waals surface area contributed by atoms with Crippen LogP contribution in [0, 0.1) is 0 Å². The summed E-state index contributed by atoms with van der Waals surface area (Å²) in [5, 5.41) is 2.40. The molecule has 1 aliphatic rings. The van der Waals surface area contributed by atoms with Crippen LogP contribution in [0.4, 0.5) is 0 Å². The third-order valence-electron chi connectivity index (χ3n) is 6.71. The number of fused-ring (bicyclic) bond motifs is 5.